The largest absolute Gasteiger partial charge is 0.494 e. The Kier molecular flexibility index (Phi) is 4.54. The molecule has 2 rings (SSSR count). The monoisotopic (exact) mass is 310 g/mol. The summed E-state index contributed by atoms with van der Waals surface area (Å²) in [6.45, 7) is 2.22. The van der Waals surface area contributed by atoms with Gasteiger partial charge in [-0.1, -0.05) is 0 Å². The molecule has 1 aromatic carbocycles. The van der Waals surface area contributed by atoms with Crippen LogP contribution in [0.3, 0.4) is 0 Å². The Hall–Kier alpha value is -1.99. The van der Waals surface area contributed by atoms with Crippen molar-refractivity contribution in [3.63, 3.8) is 0 Å². The molecule has 0 bridgehead atoms. The van der Waals surface area contributed by atoms with Crippen molar-refractivity contribution in [2.75, 3.05) is 11.3 Å². The van der Waals surface area contributed by atoms with Gasteiger partial charge in [-0.15, -0.1) is 0 Å². The standard InChI is InChI=1S/C14H18N2O4S/c1-3-20-13-6-4-11(5-7-13)15-21(18,19)14-8-12(10-17)16(2)9-14/h4-9,15,17H,3,10H2,1-2H3. The van der Waals surface area contributed by atoms with Gasteiger partial charge in [0.15, 0.2) is 0 Å². The molecular weight excluding hydrogens is 292 g/mol. The van der Waals surface area contributed by atoms with Gasteiger partial charge >= 0.3 is 0 Å². The van der Waals surface area contributed by atoms with Gasteiger partial charge in [-0.05, 0) is 37.3 Å². The van der Waals surface area contributed by atoms with Gasteiger partial charge in [0.25, 0.3) is 10.0 Å². The normalized spacial score (nSPS) is 11.4. The van der Waals surface area contributed by atoms with Crippen molar-refractivity contribution in [2.45, 2.75) is 18.4 Å². The molecule has 7 heteroatoms. The van der Waals surface area contributed by atoms with E-state index in [1.807, 2.05) is 6.92 Å². The van der Waals surface area contributed by atoms with Crippen molar-refractivity contribution in [1.29, 1.82) is 0 Å². The van der Waals surface area contributed by atoms with Crippen molar-refractivity contribution in [2.24, 2.45) is 7.05 Å². The lowest BCUT2D eigenvalue weighted by Crippen LogP contribution is -2.12. The molecule has 0 amide bonds. The van der Waals surface area contributed by atoms with Crippen molar-refractivity contribution < 1.29 is 18.3 Å². The van der Waals surface area contributed by atoms with E-state index in [1.54, 1.807) is 35.9 Å². The van der Waals surface area contributed by atoms with Crippen LogP contribution in [0.15, 0.2) is 41.4 Å². The minimum atomic E-state index is -3.67. The number of hydrogen-bond acceptors (Lipinski definition) is 4. The molecule has 2 N–H and O–H groups in total. The summed E-state index contributed by atoms with van der Waals surface area (Å²) in [5.41, 5.74) is 0.981. The SMILES string of the molecule is CCOc1ccc(NS(=O)(=O)c2cc(CO)n(C)c2)cc1. The molecular formula is C14H18N2O4S. The zero-order valence-electron chi connectivity index (χ0n) is 11.9. The fourth-order valence-electron chi connectivity index (χ4n) is 1.88. The number of ether oxygens (including phenoxy) is 1. The third-order valence-corrected chi connectivity index (χ3v) is 4.32. The molecule has 0 spiro atoms. The van der Waals surface area contributed by atoms with Crippen LogP contribution in [0.25, 0.3) is 0 Å². The van der Waals surface area contributed by atoms with E-state index in [2.05, 4.69) is 4.72 Å². The minimum Gasteiger partial charge on any atom is -0.494 e. The summed E-state index contributed by atoms with van der Waals surface area (Å²) in [4.78, 5) is 0.114. The van der Waals surface area contributed by atoms with Crippen molar-refractivity contribution in [3.05, 3.63) is 42.2 Å². The molecule has 114 valence electrons. The average Bonchev–Trinajstić information content (AvgIpc) is 2.83. The highest BCUT2D eigenvalue weighted by Gasteiger charge is 2.17. The van der Waals surface area contributed by atoms with Crippen LogP contribution in [0.1, 0.15) is 12.6 Å². The summed E-state index contributed by atoms with van der Waals surface area (Å²) >= 11 is 0. The molecule has 0 atom stereocenters. The second kappa shape index (κ2) is 6.19. The van der Waals surface area contributed by atoms with Gasteiger partial charge in [0.2, 0.25) is 0 Å². The number of aromatic nitrogens is 1. The zero-order valence-corrected chi connectivity index (χ0v) is 12.7. The number of sulfonamides is 1. The lowest BCUT2D eigenvalue weighted by Gasteiger charge is -2.08. The molecule has 1 heterocycles. The first-order chi connectivity index (χ1) is 9.96. The number of nitrogens with zero attached hydrogens (tertiary/aromatic N) is 1. The predicted molar refractivity (Wildman–Crippen MR) is 79.8 cm³/mol. The number of rotatable bonds is 6. The summed E-state index contributed by atoms with van der Waals surface area (Å²) in [6, 6.07) is 8.12. The molecule has 0 aliphatic carbocycles. The summed E-state index contributed by atoms with van der Waals surface area (Å²) in [5, 5.41) is 9.12. The van der Waals surface area contributed by atoms with Gasteiger partial charge in [0, 0.05) is 24.6 Å². The second-order valence-electron chi connectivity index (χ2n) is 4.50. The van der Waals surface area contributed by atoms with Crippen LogP contribution in [0.5, 0.6) is 5.75 Å². The number of nitrogens with one attached hydrogen (secondary N) is 1. The maximum Gasteiger partial charge on any atom is 0.263 e. The second-order valence-corrected chi connectivity index (χ2v) is 6.18. The van der Waals surface area contributed by atoms with Crippen LogP contribution in [0.4, 0.5) is 5.69 Å². The topological polar surface area (TPSA) is 80.6 Å². The minimum absolute atomic E-state index is 0.114. The third-order valence-electron chi connectivity index (χ3n) is 2.97. The first-order valence-electron chi connectivity index (χ1n) is 6.48. The molecule has 0 aliphatic heterocycles. The Morgan fingerprint density at radius 2 is 1.95 bits per heavy atom. The fraction of sp³-hybridized carbons (Fsp3) is 0.286. The molecule has 0 radical (unpaired) electrons. The summed E-state index contributed by atoms with van der Waals surface area (Å²) < 4.78 is 33.9. The van der Waals surface area contributed by atoms with E-state index < -0.39 is 10.0 Å². The molecule has 0 aliphatic rings. The third kappa shape index (κ3) is 3.56. The average molecular weight is 310 g/mol. The molecule has 0 saturated heterocycles. The van der Waals surface area contributed by atoms with E-state index in [9.17, 15) is 8.42 Å². The number of aryl methyl sites for hydroxylation is 1. The molecule has 21 heavy (non-hydrogen) atoms. The smallest absolute Gasteiger partial charge is 0.263 e. The number of anilines is 1. The Bertz CT molecular complexity index is 705. The van der Waals surface area contributed by atoms with Gasteiger partial charge < -0.3 is 14.4 Å². The van der Waals surface area contributed by atoms with Gasteiger partial charge in [-0.2, -0.15) is 0 Å². The lowest BCUT2D eigenvalue weighted by molar-refractivity contribution is 0.272. The van der Waals surface area contributed by atoms with Crippen LogP contribution in [-0.2, 0) is 23.7 Å². The van der Waals surface area contributed by atoms with E-state index in [1.165, 1.54) is 12.3 Å². The highest BCUT2D eigenvalue weighted by molar-refractivity contribution is 7.92. The van der Waals surface area contributed by atoms with Gasteiger partial charge in [0.1, 0.15) is 10.6 Å². The highest BCUT2D eigenvalue weighted by atomic mass is 32.2. The maximum absolute atomic E-state index is 12.3. The number of aliphatic hydroxyl groups excluding tert-OH is 1. The van der Waals surface area contributed by atoms with Gasteiger partial charge in [-0.3, -0.25) is 4.72 Å². The molecule has 2 aromatic rings. The summed E-state index contributed by atoms with van der Waals surface area (Å²) in [5.74, 6) is 0.683. The van der Waals surface area contributed by atoms with Crippen molar-refractivity contribution in [3.8, 4) is 5.75 Å². The highest BCUT2D eigenvalue weighted by Crippen LogP contribution is 2.20. The van der Waals surface area contributed by atoms with Crippen LogP contribution < -0.4 is 9.46 Å². The maximum atomic E-state index is 12.3. The van der Waals surface area contributed by atoms with Crippen molar-refractivity contribution in [1.82, 2.24) is 4.57 Å². The molecule has 6 nitrogen and oxygen atoms in total. The predicted octanol–water partition coefficient (Wildman–Crippen LogP) is 1.72. The zero-order chi connectivity index (χ0) is 15.5. The van der Waals surface area contributed by atoms with Crippen molar-refractivity contribution >= 4 is 15.7 Å². The Labute approximate surface area is 124 Å². The van der Waals surface area contributed by atoms with Crippen LogP contribution in [0, 0.1) is 0 Å². The Morgan fingerprint density at radius 1 is 1.29 bits per heavy atom. The molecule has 0 unspecified atom stereocenters. The fourth-order valence-corrected chi connectivity index (χ4v) is 3.03. The van der Waals surface area contributed by atoms with Crippen LogP contribution in [0.2, 0.25) is 0 Å². The number of aliphatic hydroxyl groups is 1. The van der Waals surface area contributed by atoms with Gasteiger partial charge in [-0.25, -0.2) is 8.42 Å². The first-order valence-corrected chi connectivity index (χ1v) is 7.96. The lowest BCUT2D eigenvalue weighted by atomic mass is 10.3. The molecule has 0 saturated carbocycles. The van der Waals surface area contributed by atoms with Crippen LogP contribution >= 0.6 is 0 Å². The van der Waals surface area contributed by atoms with Crippen LogP contribution in [-0.4, -0.2) is 24.7 Å². The van der Waals surface area contributed by atoms with E-state index >= 15 is 0 Å². The number of hydrogen-bond donors (Lipinski definition) is 2. The van der Waals surface area contributed by atoms with E-state index in [4.69, 9.17) is 9.84 Å². The van der Waals surface area contributed by atoms with E-state index in [0.717, 1.165) is 0 Å². The molecule has 0 fully saturated rings. The van der Waals surface area contributed by atoms with Gasteiger partial charge in [0.05, 0.1) is 13.2 Å². The first kappa shape index (κ1) is 15.4. The molecule has 1 aromatic heterocycles. The summed E-state index contributed by atoms with van der Waals surface area (Å²) in [7, 11) is -1.99. The Morgan fingerprint density at radius 3 is 2.48 bits per heavy atom. The Balaban J connectivity index is 2.20. The summed E-state index contributed by atoms with van der Waals surface area (Å²) in [6.07, 6.45) is 1.46. The quantitative estimate of drug-likeness (QED) is 0.851. The number of benzene rings is 1. The van der Waals surface area contributed by atoms with E-state index in [-0.39, 0.29) is 11.5 Å². The van der Waals surface area contributed by atoms with E-state index in [0.29, 0.717) is 23.7 Å².